The molecule has 0 radical (unpaired) electrons. The van der Waals surface area contributed by atoms with Crippen molar-refractivity contribution < 1.29 is 18.3 Å². The van der Waals surface area contributed by atoms with E-state index < -0.39 is 0 Å². The van der Waals surface area contributed by atoms with Crippen LogP contribution in [0.1, 0.15) is 29.6 Å². The molecule has 0 aliphatic carbocycles. The van der Waals surface area contributed by atoms with Crippen LogP contribution in [0.3, 0.4) is 0 Å². The monoisotopic (exact) mass is 481 g/mol. The zero-order valence-corrected chi connectivity index (χ0v) is 19.5. The molecule has 176 valence electrons. The number of carbonyl (C=O) groups excluding carboxylic acids is 1. The van der Waals surface area contributed by atoms with Crippen LogP contribution in [0.5, 0.6) is 5.75 Å². The second-order valence-electron chi connectivity index (χ2n) is 8.36. The average Bonchev–Trinajstić information content (AvgIpc) is 3.42. The quantitative estimate of drug-likeness (QED) is 0.425. The second-order valence-corrected chi connectivity index (χ2v) is 9.47. The maximum atomic E-state index is 13.4. The molecule has 34 heavy (non-hydrogen) atoms. The summed E-state index contributed by atoms with van der Waals surface area (Å²) in [6.45, 7) is 2.08. The molecule has 4 aromatic rings. The zero-order valence-electron chi connectivity index (χ0n) is 18.7. The molecule has 1 aliphatic heterocycles. The van der Waals surface area contributed by atoms with E-state index >= 15 is 0 Å². The number of amides is 1. The predicted molar refractivity (Wildman–Crippen MR) is 127 cm³/mol. The van der Waals surface area contributed by atoms with Crippen molar-refractivity contribution in [2.75, 3.05) is 25.5 Å². The lowest BCUT2D eigenvalue weighted by atomic mass is 10.1. The van der Waals surface area contributed by atoms with Crippen LogP contribution in [0.2, 0.25) is 0 Å². The van der Waals surface area contributed by atoms with Crippen molar-refractivity contribution >= 4 is 33.1 Å². The Kier molecular flexibility index (Phi) is 6.50. The molecule has 0 atom stereocenters. The van der Waals surface area contributed by atoms with Gasteiger partial charge in [0, 0.05) is 18.8 Å². The van der Waals surface area contributed by atoms with Gasteiger partial charge < -0.3 is 19.4 Å². The number of anilines is 1. The van der Waals surface area contributed by atoms with E-state index in [1.165, 1.54) is 23.5 Å². The predicted octanol–water partition coefficient (Wildman–Crippen LogP) is 4.06. The average molecular weight is 482 g/mol. The van der Waals surface area contributed by atoms with Crippen molar-refractivity contribution in [3.05, 3.63) is 65.1 Å². The van der Waals surface area contributed by atoms with Gasteiger partial charge in [0.15, 0.2) is 0 Å². The summed E-state index contributed by atoms with van der Waals surface area (Å²) in [7, 11) is 2.12. The summed E-state index contributed by atoms with van der Waals surface area (Å²) in [6, 6.07) is 11.8. The van der Waals surface area contributed by atoms with Crippen LogP contribution < -0.4 is 10.1 Å². The number of rotatable bonds is 7. The van der Waals surface area contributed by atoms with Gasteiger partial charge in [-0.1, -0.05) is 0 Å². The summed E-state index contributed by atoms with van der Waals surface area (Å²) in [4.78, 5) is 19.2. The number of fused-ring (bicyclic) bond motifs is 1. The van der Waals surface area contributed by atoms with Crippen molar-refractivity contribution in [3.8, 4) is 5.75 Å². The molecule has 1 saturated heterocycles. The number of ether oxygens (including phenoxy) is 1. The van der Waals surface area contributed by atoms with Crippen molar-refractivity contribution in [1.82, 2.24) is 20.1 Å². The third-order valence-corrected chi connectivity index (χ3v) is 6.64. The van der Waals surface area contributed by atoms with Gasteiger partial charge in [-0.3, -0.25) is 4.79 Å². The van der Waals surface area contributed by atoms with Crippen LogP contribution in [-0.4, -0.2) is 52.2 Å². The lowest BCUT2D eigenvalue weighted by molar-refractivity contribution is -0.115. The maximum Gasteiger partial charge on any atom is 0.233 e. The Bertz CT molecular complexity index is 1280. The minimum Gasteiger partial charge on any atom is -0.490 e. The van der Waals surface area contributed by atoms with Gasteiger partial charge in [0.05, 0.1) is 16.6 Å². The van der Waals surface area contributed by atoms with Gasteiger partial charge in [-0.2, -0.15) is 0 Å². The Morgan fingerprint density at radius 2 is 1.94 bits per heavy atom. The highest BCUT2D eigenvalue weighted by Gasteiger charge is 2.18. The topological polar surface area (TPSA) is 93.4 Å². The van der Waals surface area contributed by atoms with E-state index in [1.54, 1.807) is 6.07 Å². The van der Waals surface area contributed by atoms with Gasteiger partial charge >= 0.3 is 0 Å². The zero-order chi connectivity index (χ0) is 23.5. The Morgan fingerprint density at radius 3 is 2.74 bits per heavy atom. The Labute approximate surface area is 199 Å². The molecule has 8 nitrogen and oxygen atoms in total. The lowest BCUT2D eigenvalue weighted by Gasteiger charge is -2.29. The number of nitrogens with one attached hydrogen (secondary N) is 1. The molecule has 2 aromatic carbocycles. The first kappa shape index (κ1) is 22.4. The molecular weight excluding hydrogens is 457 g/mol. The molecule has 1 amide bonds. The number of benzene rings is 2. The van der Waals surface area contributed by atoms with Gasteiger partial charge in [0.2, 0.25) is 17.7 Å². The van der Waals surface area contributed by atoms with E-state index in [1.807, 2.05) is 24.3 Å². The highest BCUT2D eigenvalue weighted by atomic mass is 32.1. The molecule has 0 unspecified atom stereocenters. The molecule has 0 spiro atoms. The van der Waals surface area contributed by atoms with Crippen LogP contribution in [0.15, 0.2) is 46.9 Å². The standard InChI is InChI=1S/C24H24FN5O3S/c1-30-10-8-18(9-11-30)32-17-5-3-16(4-6-17)26-21(31)13-22-28-29-23(33-22)14-24-27-19-7-2-15(25)12-20(19)34-24/h2-7,12,18H,8-11,13-14H2,1H3,(H,26,31). The number of halogens is 1. The van der Waals surface area contributed by atoms with Crippen molar-refractivity contribution in [2.24, 2.45) is 0 Å². The van der Waals surface area contributed by atoms with Crippen LogP contribution in [0.25, 0.3) is 10.2 Å². The van der Waals surface area contributed by atoms with Crippen molar-refractivity contribution in [1.29, 1.82) is 0 Å². The van der Waals surface area contributed by atoms with Gasteiger partial charge in [0.25, 0.3) is 0 Å². The molecule has 10 heteroatoms. The van der Waals surface area contributed by atoms with Crippen LogP contribution >= 0.6 is 11.3 Å². The van der Waals surface area contributed by atoms with Crippen LogP contribution in [0, 0.1) is 5.82 Å². The summed E-state index contributed by atoms with van der Waals surface area (Å²) < 4.78 is 25.8. The number of nitrogens with zero attached hydrogens (tertiary/aromatic N) is 4. The van der Waals surface area contributed by atoms with Gasteiger partial charge in [-0.25, -0.2) is 9.37 Å². The molecule has 0 saturated carbocycles. The summed E-state index contributed by atoms with van der Waals surface area (Å²) in [5.74, 6) is 0.828. The van der Waals surface area contributed by atoms with Crippen molar-refractivity contribution in [2.45, 2.75) is 31.8 Å². The molecule has 1 fully saturated rings. The molecule has 1 aliphatic rings. The minimum absolute atomic E-state index is 0.0358. The molecule has 5 rings (SSSR count). The second kappa shape index (κ2) is 9.86. The largest absolute Gasteiger partial charge is 0.490 e. The van der Waals surface area contributed by atoms with Gasteiger partial charge in [0.1, 0.15) is 29.1 Å². The fourth-order valence-corrected chi connectivity index (χ4v) is 4.82. The smallest absolute Gasteiger partial charge is 0.233 e. The Balaban J connectivity index is 1.13. The first-order chi connectivity index (χ1) is 16.5. The summed E-state index contributed by atoms with van der Waals surface area (Å²) in [6.07, 6.45) is 2.55. The minimum atomic E-state index is -0.298. The number of likely N-dealkylation sites (tertiary alicyclic amines) is 1. The highest BCUT2D eigenvalue weighted by molar-refractivity contribution is 7.18. The summed E-state index contributed by atoms with van der Waals surface area (Å²) in [5, 5.41) is 11.5. The first-order valence-electron chi connectivity index (χ1n) is 11.1. The van der Waals surface area contributed by atoms with Crippen LogP contribution in [-0.2, 0) is 17.6 Å². The van der Waals surface area contributed by atoms with E-state index in [4.69, 9.17) is 9.15 Å². The number of hydrogen-bond acceptors (Lipinski definition) is 8. The van der Waals surface area contributed by atoms with Crippen molar-refractivity contribution in [3.63, 3.8) is 0 Å². The Morgan fingerprint density at radius 1 is 1.18 bits per heavy atom. The summed E-state index contributed by atoms with van der Waals surface area (Å²) in [5.41, 5.74) is 1.39. The number of carbonyl (C=O) groups is 1. The third kappa shape index (κ3) is 5.57. The maximum absolute atomic E-state index is 13.4. The first-order valence-corrected chi connectivity index (χ1v) is 11.9. The molecule has 0 bridgehead atoms. The fraction of sp³-hybridized carbons (Fsp3) is 0.333. The number of hydrogen-bond donors (Lipinski definition) is 1. The highest BCUT2D eigenvalue weighted by Crippen LogP contribution is 2.25. The number of aromatic nitrogens is 3. The normalized spacial score (nSPS) is 15.0. The van der Waals surface area contributed by atoms with E-state index in [0.717, 1.165) is 46.9 Å². The fourth-order valence-electron chi connectivity index (χ4n) is 3.84. The van der Waals surface area contributed by atoms with E-state index in [-0.39, 0.29) is 30.1 Å². The van der Waals surface area contributed by atoms with E-state index in [9.17, 15) is 9.18 Å². The lowest BCUT2D eigenvalue weighted by Crippen LogP contribution is -2.35. The van der Waals surface area contributed by atoms with E-state index in [2.05, 4.69) is 32.4 Å². The van der Waals surface area contributed by atoms with Crippen LogP contribution in [0.4, 0.5) is 10.1 Å². The van der Waals surface area contributed by atoms with E-state index in [0.29, 0.717) is 18.0 Å². The number of thiazole rings is 1. The third-order valence-electron chi connectivity index (χ3n) is 5.62. The number of piperidine rings is 1. The van der Waals surface area contributed by atoms with Gasteiger partial charge in [-0.05, 0) is 62.4 Å². The summed E-state index contributed by atoms with van der Waals surface area (Å²) >= 11 is 1.37. The molecule has 1 N–H and O–H groups in total. The molecule has 2 aromatic heterocycles. The Hall–Kier alpha value is -3.37. The SMILES string of the molecule is CN1CCC(Oc2ccc(NC(=O)Cc3nnc(Cc4nc5ccc(F)cc5s4)o3)cc2)CC1. The molecular formula is C24H24FN5O3S. The molecule has 3 heterocycles. The van der Waals surface area contributed by atoms with Gasteiger partial charge in [-0.15, -0.1) is 21.5 Å².